The van der Waals surface area contributed by atoms with Gasteiger partial charge in [0.1, 0.15) is 5.82 Å². The molecular weight excluding hydrogens is 236 g/mol. The summed E-state index contributed by atoms with van der Waals surface area (Å²) in [7, 11) is 0. The number of thioether (sulfide) groups is 1. The summed E-state index contributed by atoms with van der Waals surface area (Å²) < 4.78 is 0.251. The van der Waals surface area contributed by atoms with Gasteiger partial charge >= 0.3 is 5.97 Å². The van der Waals surface area contributed by atoms with Crippen molar-refractivity contribution >= 4 is 23.5 Å². The van der Waals surface area contributed by atoms with Gasteiger partial charge in [0.25, 0.3) is 0 Å². The van der Waals surface area contributed by atoms with Crippen LogP contribution in [0, 0.1) is 0 Å². The van der Waals surface area contributed by atoms with Crippen LogP contribution in [0.15, 0.2) is 18.3 Å². The van der Waals surface area contributed by atoms with Gasteiger partial charge in [0, 0.05) is 17.5 Å². The molecule has 5 heteroatoms. The zero-order chi connectivity index (χ0) is 12.3. The SMILES string of the molecule is CC1(CNc2cc(C(=O)O)ccn2)CCCS1. The fourth-order valence-electron chi connectivity index (χ4n) is 1.91. The number of nitrogens with one attached hydrogen (secondary N) is 1. The molecule has 0 aromatic carbocycles. The Labute approximate surface area is 105 Å². The van der Waals surface area contributed by atoms with E-state index in [0.717, 1.165) is 6.54 Å². The molecule has 1 saturated heterocycles. The van der Waals surface area contributed by atoms with Crippen LogP contribution in [0.4, 0.5) is 5.82 Å². The molecule has 17 heavy (non-hydrogen) atoms. The number of rotatable bonds is 4. The van der Waals surface area contributed by atoms with E-state index in [-0.39, 0.29) is 10.3 Å². The first-order chi connectivity index (χ1) is 8.09. The Kier molecular flexibility index (Phi) is 3.57. The Bertz CT molecular complexity index is 417. The minimum atomic E-state index is -0.920. The van der Waals surface area contributed by atoms with Gasteiger partial charge < -0.3 is 10.4 Å². The average molecular weight is 252 g/mol. The van der Waals surface area contributed by atoms with Gasteiger partial charge in [-0.25, -0.2) is 9.78 Å². The fourth-order valence-corrected chi connectivity index (χ4v) is 3.16. The summed E-state index contributed by atoms with van der Waals surface area (Å²) in [5.74, 6) is 0.927. The lowest BCUT2D eigenvalue weighted by Gasteiger charge is -2.23. The molecule has 1 aliphatic rings. The van der Waals surface area contributed by atoms with E-state index in [1.165, 1.54) is 30.9 Å². The lowest BCUT2D eigenvalue weighted by molar-refractivity contribution is 0.0697. The summed E-state index contributed by atoms with van der Waals surface area (Å²) in [6, 6.07) is 3.07. The molecule has 1 aliphatic heterocycles. The molecule has 1 aromatic rings. The zero-order valence-corrected chi connectivity index (χ0v) is 10.6. The maximum Gasteiger partial charge on any atom is 0.335 e. The lowest BCUT2D eigenvalue weighted by atomic mass is 10.1. The van der Waals surface area contributed by atoms with Crippen LogP contribution in [0.5, 0.6) is 0 Å². The smallest absolute Gasteiger partial charge is 0.335 e. The van der Waals surface area contributed by atoms with Gasteiger partial charge in [-0.1, -0.05) is 0 Å². The molecular formula is C12H16N2O2S. The highest BCUT2D eigenvalue weighted by atomic mass is 32.2. The molecule has 2 N–H and O–H groups in total. The number of hydrogen-bond donors (Lipinski definition) is 2. The maximum atomic E-state index is 10.8. The Hall–Kier alpha value is -1.23. The summed E-state index contributed by atoms with van der Waals surface area (Å²) in [5.41, 5.74) is 0.270. The third-order valence-corrected chi connectivity index (χ3v) is 4.49. The van der Waals surface area contributed by atoms with Crippen molar-refractivity contribution in [3.8, 4) is 0 Å². The number of carboxylic acids is 1. The highest BCUT2D eigenvalue weighted by molar-refractivity contribution is 8.00. The maximum absolute atomic E-state index is 10.8. The second kappa shape index (κ2) is 4.96. The molecule has 1 aromatic heterocycles. The Morgan fingerprint density at radius 3 is 3.18 bits per heavy atom. The first kappa shape index (κ1) is 12.2. The van der Waals surface area contributed by atoms with E-state index in [1.54, 1.807) is 6.07 Å². The molecule has 1 atom stereocenters. The standard InChI is InChI=1S/C12H16N2O2S/c1-12(4-2-6-17-12)8-14-10-7-9(11(15)16)3-5-13-10/h3,5,7H,2,4,6,8H2,1H3,(H,13,14)(H,15,16). The van der Waals surface area contributed by atoms with Crippen LogP contribution < -0.4 is 5.32 Å². The average Bonchev–Trinajstić information content (AvgIpc) is 2.75. The van der Waals surface area contributed by atoms with Crippen LogP contribution in [0.25, 0.3) is 0 Å². The third-order valence-electron chi connectivity index (χ3n) is 2.95. The summed E-state index contributed by atoms with van der Waals surface area (Å²) >= 11 is 1.97. The molecule has 1 fully saturated rings. The second-order valence-electron chi connectivity index (χ2n) is 4.49. The number of anilines is 1. The molecule has 0 aliphatic carbocycles. The number of carboxylic acid groups (broad SMARTS) is 1. The minimum absolute atomic E-state index is 0.251. The van der Waals surface area contributed by atoms with Crippen LogP contribution in [-0.2, 0) is 0 Å². The highest BCUT2D eigenvalue weighted by Gasteiger charge is 2.29. The number of aromatic nitrogens is 1. The highest BCUT2D eigenvalue weighted by Crippen LogP contribution is 2.37. The van der Waals surface area contributed by atoms with E-state index in [0.29, 0.717) is 5.82 Å². The van der Waals surface area contributed by atoms with E-state index in [9.17, 15) is 4.79 Å². The van der Waals surface area contributed by atoms with E-state index in [4.69, 9.17) is 5.11 Å². The van der Waals surface area contributed by atoms with Gasteiger partial charge in [-0.15, -0.1) is 0 Å². The molecule has 0 radical (unpaired) electrons. The van der Waals surface area contributed by atoms with Crippen LogP contribution in [0.1, 0.15) is 30.1 Å². The van der Waals surface area contributed by atoms with Gasteiger partial charge in [-0.2, -0.15) is 11.8 Å². The van der Waals surface area contributed by atoms with Crippen molar-refractivity contribution in [2.75, 3.05) is 17.6 Å². The van der Waals surface area contributed by atoms with Crippen molar-refractivity contribution < 1.29 is 9.90 Å². The van der Waals surface area contributed by atoms with Crippen LogP contribution >= 0.6 is 11.8 Å². The van der Waals surface area contributed by atoms with Crippen molar-refractivity contribution in [2.45, 2.75) is 24.5 Å². The predicted molar refractivity (Wildman–Crippen MR) is 69.8 cm³/mol. The summed E-state index contributed by atoms with van der Waals surface area (Å²) in [6.45, 7) is 3.06. The van der Waals surface area contributed by atoms with Crippen LogP contribution in [0.3, 0.4) is 0 Å². The molecule has 0 spiro atoms. The summed E-state index contributed by atoms with van der Waals surface area (Å²) in [6.07, 6.45) is 3.98. The fraction of sp³-hybridized carbons (Fsp3) is 0.500. The second-order valence-corrected chi connectivity index (χ2v) is 6.17. The normalized spacial score (nSPS) is 23.6. The molecule has 92 valence electrons. The van der Waals surface area contributed by atoms with Gasteiger partial charge in [0.2, 0.25) is 0 Å². The van der Waals surface area contributed by atoms with Gasteiger partial charge in [0.05, 0.1) is 5.56 Å². The van der Waals surface area contributed by atoms with E-state index >= 15 is 0 Å². The van der Waals surface area contributed by atoms with E-state index in [2.05, 4.69) is 17.2 Å². The summed E-state index contributed by atoms with van der Waals surface area (Å²) in [4.78, 5) is 14.9. The van der Waals surface area contributed by atoms with Gasteiger partial charge in [-0.05, 0) is 37.7 Å². The minimum Gasteiger partial charge on any atom is -0.478 e. The van der Waals surface area contributed by atoms with Crippen LogP contribution in [0.2, 0.25) is 0 Å². The van der Waals surface area contributed by atoms with Crippen molar-refractivity contribution in [3.05, 3.63) is 23.9 Å². The van der Waals surface area contributed by atoms with E-state index < -0.39 is 5.97 Å². The van der Waals surface area contributed by atoms with Crippen molar-refractivity contribution in [3.63, 3.8) is 0 Å². The summed E-state index contributed by atoms with van der Waals surface area (Å²) in [5, 5.41) is 12.1. The molecule has 2 rings (SSSR count). The number of aromatic carboxylic acids is 1. The van der Waals surface area contributed by atoms with Gasteiger partial charge in [0.15, 0.2) is 0 Å². The van der Waals surface area contributed by atoms with Gasteiger partial charge in [-0.3, -0.25) is 0 Å². The molecule has 0 saturated carbocycles. The van der Waals surface area contributed by atoms with Crippen molar-refractivity contribution in [1.82, 2.24) is 4.98 Å². The molecule has 2 heterocycles. The van der Waals surface area contributed by atoms with E-state index in [1.807, 2.05) is 11.8 Å². The topological polar surface area (TPSA) is 62.2 Å². The number of carbonyl (C=O) groups is 1. The largest absolute Gasteiger partial charge is 0.478 e. The quantitative estimate of drug-likeness (QED) is 0.862. The molecule has 1 unspecified atom stereocenters. The Morgan fingerprint density at radius 1 is 1.71 bits per heavy atom. The van der Waals surface area contributed by atoms with Crippen molar-refractivity contribution in [2.24, 2.45) is 0 Å². The number of pyridine rings is 1. The number of nitrogens with zero attached hydrogens (tertiary/aromatic N) is 1. The first-order valence-corrected chi connectivity index (χ1v) is 6.65. The Balaban J connectivity index is 1.99. The lowest BCUT2D eigenvalue weighted by Crippen LogP contribution is -2.27. The molecule has 4 nitrogen and oxygen atoms in total. The monoisotopic (exact) mass is 252 g/mol. The Morgan fingerprint density at radius 2 is 2.53 bits per heavy atom. The van der Waals surface area contributed by atoms with Crippen molar-refractivity contribution in [1.29, 1.82) is 0 Å². The third kappa shape index (κ3) is 3.12. The molecule has 0 amide bonds. The van der Waals surface area contributed by atoms with Crippen LogP contribution in [-0.4, -0.2) is 33.1 Å². The predicted octanol–water partition coefficient (Wildman–Crippen LogP) is 2.48. The zero-order valence-electron chi connectivity index (χ0n) is 9.77. The number of hydrogen-bond acceptors (Lipinski definition) is 4. The molecule has 0 bridgehead atoms. The first-order valence-electron chi connectivity index (χ1n) is 5.66.